The van der Waals surface area contributed by atoms with Gasteiger partial charge in [-0.1, -0.05) is 28.9 Å². The van der Waals surface area contributed by atoms with E-state index in [1.165, 1.54) is 18.2 Å². The lowest BCUT2D eigenvalue weighted by atomic mass is 10.3. The average Bonchev–Trinajstić information content (AvgIpc) is 1.88. The first-order chi connectivity index (χ1) is 5.20. The highest BCUT2D eigenvalue weighted by molar-refractivity contribution is 9.09. The molecule has 0 aliphatic carbocycles. The third-order valence-electron chi connectivity index (χ3n) is 0.787. The van der Waals surface area contributed by atoms with Gasteiger partial charge in [0.2, 0.25) is 0 Å². The minimum atomic E-state index is -0.537. The molecule has 0 spiro atoms. The predicted octanol–water partition coefficient (Wildman–Crippen LogP) is 3.37. The SMILES string of the molecule is CCBr.Fc1cccc(F)c1. The Kier molecular flexibility index (Phi) is 6.03. The summed E-state index contributed by atoms with van der Waals surface area (Å²) in [5.74, 6) is -1.07. The second-order valence-electron chi connectivity index (χ2n) is 1.71. The van der Waals surface area contributed by atoms with Crippen molar-refractivity contribution in [3.05, 3.63) is 35.9 Å². The van der Waals surface area contributed by atoms with Crippen LogP contribution >= 0.6 is 15.9 Å². The van der Waals surface area contributed by atoms with Gasteiger partial charge >= 0.3 is 0 Å². The Hall–Kier alpha value is -0.440. The van der Waals surface area contributed by atoms with E-state index in [2.05, 4.69) is 15.9 Å². The highest BCUT2D eigenvalue weighted by Gasteiger charge is 1.88. The summed E-state index contributed by atoms with van der Waals surface area (Å²) in [5, 5.41) is 1.06. The van der Waals surface area contributed by atoms with Gasteiger partial charge in [-0.25, -0.2) is 8.78 Å². The molecule has 0 radical (unpaired) electrons. The zero-order valence-electron chi connectivity index (χ0n) is 6.15. The van der Waals surface area contributed by atoms with E-state index in [9.17, 15) is 8.78 Å². The van der Waals surface area contributed by atoms with Crippen LogP contribution in [0.15, 0.2) is 24.3 Å². The summed E-state index contributed by atoms with van der Waals surface area (Å²) in [6, 6.07) is 4.55. The van der Waals surface area contributed by atoms with Crippen LogP contribution in [0.25, 0.3) is 0 Å². The number of halogens is 3. The molecule has 0 amide bonds. The molecule has 0 aliphatic rings. The van der Waals surface area contributed by atoms with Gasteiger partial charge in [-0.15, -0.1) is 0 Å². The maximum atomic E-state index is 11.9. The molecule has 0 fully saturated rings. The third kappa shape index (κ3) is 5.98. The van der Waals surface area contributed by atoms with Crippen LogP contribution in [0.2, 0.25) is 0 Å². The second kappa shape index (κ2) is 6.28. The van der Waals surface area contributed by atoms with Crippen LogP contribution in [0.1, 0.15) is 6.92 Å². The molecule has 1 aromatic carbocycles. The summed E-state index contributed by atoms with van der Waals surface area (Å²) in [6.45, 7) is 2.04. The molecule has 0 aliphatic heterocycles. The van der Waals surface area contributed by atoms with Crippen molar-refractivity contribution < 1.29 is 8.78 Å². The van der Waals surface area contributed by atoms with E-state index in [1.54, 1.807) is 0 Å². The van der Waals surface area contributed by atoms with E-state index in [4.69, 9.17) is 0 Å². The van der Waals surface area contributed by atoms with Crippen LogP contribution in [0.3, 0.4) is 0 Å². The maximum Gasteiger partial charge on any atom is 0.126 e. The molecule has 0 N–H and O–H groups in total. The van der Waals surface area contributed by atoms with Gasteiger partial charge in [-0.2, -0.15) is 0 Å². The molecule has 0 aromatic heterocycles. The summed E-state index contributed by atoms with van der Waals surface area (Å²) in [4.78, 5) is 0. The van der Waals surface area contributed by atoms with Crippen molar-refractivity contribution in [2.75, 3.05) is 5.33 Å². The lowest BCUT2D eigenvalue weighted by molar-refractivity contribution is 0.583. The average molecular weight is 223 g/mol. The Morgan fingerprint density at radius 3 is 1.82 bits per heavy atom. The van der Waals surface area contributed by atoms with Gasteiger partial charge in [0.25, 0.3) is 0 Å². The summed E-state index contributed by atoms with van der Waals surface area (Å²) in [6.07, 6.45) is 0. The largest absolute Gasteiger partial charge is 0.207 e. The van der Waals surface area contributed by atoms with Crippen LogP contribution in [-0.4, -0.2) is 5.33 Å². The molecule has 0 saturated carbocycles. The first-order valence-electron chi connectivity index (χ1n) is 3.17. The van der Waals surface area contributed by atoms with E-state index in [0.29, 0.717) is 0 Å². The van der Waals surface area contributed by atoms with Crippen molar-refractivity contribution in [3.8, 4) is 0 Å². The van der Waals surface area contributed by atoms with Gasteiger partial charge in [0.15, 0.2) is 0 Å². The first kappa shape index (κ1) is 10.6. The molecule has 1 aromatic rings. The standard InChI is InChI=1S/C6H4F2.C2H5Br/c7-5-2-1-3-6(8)4-5;1-2-3/h1-4H;2H2,1H3. The number of hydrogen-bond donors (Lipinski definition) is 0. The zero-order chi connectivity index (χ0) is 8.69. The van der Waals surface area contributed by atoms with Crippen LogP contribution in [0.5, 0.6) is 0 Å². The lowest BCUT2D eigenvalue weighted by Crippen LogP contribution is -1.73. The minimum absolute atomic E-state index is 0.537. The molecule has 11 heavy (non-hydrogen) atoms. The maximum absolute atomic E-state index is 11.9. The number of benzene rings is 1. The van der Waals surface area contributed by atoms with Crippen LogP contribution < -0.4 is 0 Å². The topological polar surface area (TPSA) is 0 Å². The van der Waals surface area contributed by atoms with Crippen molar-refractivity contribution in [1.82, 2.24) is 0 Å². The number of alkyl halides is 1. The molecule has 0 saturated heterocycles. The Labute approximate surface area is 73.4 Å². The predicted molar refractivity (Wildman–Crippen MR) is 45.8 cm³/mol. The first-order valence-corrected chi connectivity index (χ1v) is 4.30. The van der Waals surface area contributed by atoms with Gasteiger partial charge < -0.3 is 0 Å². The molecule has 0 atom stereocenters. The fourth-order valence-corrected chi connectivity index (χ4v) is 0.460. The van der Waals surface area contributed by atoms with Gasteiger partial charge in [-0.3, -0.25) is 0 Å². The Balaban J connectivity index is 0.000000292. The summed E-state index contributed by atoms with van der Waals surface area (Å²) >= 11 is 3.15. The van der Waals surface area contributed by atoms with Crippen molar-refractivity contribution in [2.45, 2.75) is 6.92 Å². The van der Waals surface area contributed by atoms with Crippen molar-refractivity contribution in [1.29, 1.82) is 0 Å². The Bertz CT molecular complexity index is 184. The normalized spacial score (nSPS) is 8.36. The van der Waals surface area contributed by atoms with Gasteiger partial charge in [-0.05, 0) is 12.1 Å². The smallest absolute Gasteiger partial charge is 0.126 e. The quantitative estimate of drug-likeness (QED) is 0.591. The van der Waals surface area contributed by atoms with Gasteiger partial charge in [0.1, 0.15) is 11.6 Å². The summed E-state index contributed by atoms with van der Waals surface area (Å²) in [5.41, 5.74) is 0. The van der Waals surface area contributed by atoms with Crippen LogP contribution in [0.4, 0.5) is 8.78 Å². The van der Waals surface area contributed by atoms with E-state index in [-0.39, 0.29) is 0 Å². The molecule has 0 nitrogen and oxygen atoms in total. The molecule has 0 heterocycles. The van der Waals surface area contributed by atoms with E-state index in [1.807, 2.05) is 6.92 Å². The van der Waals surface area contributed by atoms with E-state index in [0.717, 1.165) is 11.4 Å². The van der Waals surface area contributed by atoms with Crippen molar-refractivity contribution in [2.24, 2.45) is 0 Å². The molecule has 3 heteroatoms. The highest BCUT2D eigenvalue weighted by Crippen LogP contribution is 1.99. The molecule has 0 bridgehead atoms. The van der Waals surface area contributed by atoms with Crippen molar-refractivity contribution in [3.63, 3.8) is 0 Å². The van der Waals surface area contributed by atoms with E-state index >= 15 is 0 Å². The minimum Gasteiger partial charge on any atom is -0.207 e. The molecule has 1 rings (SSSR count). The Morgan fingerprint density at radius 2 is 1.64 bits per heavy atom. The van der Waals surface area contributed by atoms with Crippen LogP contribution in [-0.2, 0) is 0 Å². The number of hydrogen-bond acceptors (Lipinski definition) is 0. The second-order valence-corrected chi connectivity index (χ2v) is 2.83. The summed E-state index contributed by atoms with van der Waals surface area (Å²) in [7, 11) is 0. The molecule has 62 valence electrons. The van der Waals surface area contributed by atoms with Crippen LogP contribution in [0, 0.1) is 11.6 Å². The monoisotopic (exact) mass is 222 g/mol. The molecular formula is C8H9BrF2. The lowest BCUT2D eigenvalue weighted by Gasteiger charge is -1.84. The van der Waals surface area contributed by atoms with Gasteiger partial charge in [0.05, 0.1) is 0 Å². The number of rotatable bonds is 0. The zero-order valence-corrected chi connectivity index (χ0v) is 7.74. The Morgan fingerprint density at radius 1 is 1.27 bits per heavy atom. The van der Waals surface area contributed by atoms with Crippen molar-refractivity contribution >= 4 is 15.9 Å². The third-order valence-corrected chi connectivity index (χ3v) is 0.787. The highest BCUT2D eigenvalue weighted by atomic mass is 79.9. The summed E-state index contributed by atoms with van der Waals surface area (Å²) < 4.78 is 23.9. The molecular weight excluding hydrogens is 214 g/mol. The molecule has 0 unspecified atom stereocenters. The fourth-order valence-electron chi connectivity index (χ4n) is 0.460. The van der Waals surface area contributed by atoms with E-state index < -0.39 is 11.6 Å². The fraction of sp³-hybridized carbons (Fsp3) is 0.250. The van der Waals surface area contributed by atoms with Gasteiger partial charge in [0, 0.05) is 11.4 Å².